The molecule has 0 aromatic heterocycles. The number of carbonyl (C=O) groups is 4. The highest BCUT2D eigenvalue weighted by Gasteiger charge is 2.13. The van der Waals surface area contributed by atoms with Crippen LogP contribution in [0, 0.1) is 10.1 Å². The van der Waals surface area contributed by atoms with Crippen LogP contribution in [0.5, 0.6) is 0 Å². The van der Waals surface area contributed by atoms with Gasteiger partial charge in [0.25, 0.3) is 11.6 Å². The minimum atomic E-state index is -0.756. The van der Waals surface area contributed by atoms with Crippen LogP contribution in [0.2, 0.25) is 0 Å². The number of benzene rings is 2. The van der Waals surface area contributed by atoms with E-state index in [9.17, 15) is 29.3 Å². The lowest BCUT2D eigenvalue weighted by Crippen LogP contribution is -2.21. The maximum Gasteiger partial charge on any atom is 0.338 e. The van der Waals surface area contributed by atoms with Crippen molar-refractivity contribution in [3.8, 4) is 0 Å². The number of hydrogen-bond donors (Lipinski definition) is 2. The number of non-ortho nitro benzene ring substituents is 1. The van der Waals surface area contributed by atoms with Crippen molar-refractivity contribution >= 4 is 40.8 Å². The third-order valence-corrected chi connectivity index (χ3v) is 4.10. The highest BCUT2D eigenvalue weighted by atomic mass is 16.6. The number of hydrogen-bond acceptors (Lipinski definition) is 8. The number of nitro groups is 1. The van der Waals surface area contributed by atoms with Gasteiger partial charge in [0, 0.05) is 29.9 Å². The molecule has 0 fully saturated rings. The van der Waals surface area contributed by atoms with E-state index in [1.165, 1.54) is 48.5 Å². The molecule has 33 heavy (non-hydrogen) atoms. The van der Waals surface area contributed by atoms with Crippen LogP contribution in [0.25, 0.3) is 0 Å². The average Bonchev–Trinajstić information content (AvgIpc) is 2.80. The maximum absolute atomic E-state index is 12.0. The SMILES string of the molecule is CCCOC(=O)c1ccc(NC(=O)CCC(=O)OCC(=O)Nc2cccc([N+](=O)[O-])c2)cc1. The Morgan fingerprint density at radius 1 is 0.909 bits per heavy atom. The first-order valence-electron chi connectivity index (χ1n) is 10.1. The zero-order chi connectivity index (χ0) is 24.2. The zero-order valence-electron chi connectivity index (χ0n) is 17.9. The van der Waals surface area contributed by atoms with Crippen LogP contribution >= 0.6 is 0 Å². The van der Waals surface area contributed by atoms with Crippen LogP contribution in [0.15, 0.2) is 48.5 Å². The minimum Gasteiger partial charge on any atom is -0.462 e. The van der Waals surface area contributed by atoms with E-state index >= 15 is 0 Å². The average molecular weight is 457 g/mol. The Kier molecular flexibility index (Phi) is 9.50. The normalized spacial score (nSPS) is 10.1. The van der Waals surface area contributed by atoms with Gasteiger partial charge in [0.1, 0.15) is 0 Å². The van der Waals surface area contributed by atoms with E-state index in [1.807, 2.05) is 6.92 Å². The Morgan fingerprint density at radius 3 is 2.27 bits per heavy atom. The Hall–Kier alpha value is -4.28. The molecule has 0 aliphatic heterocycles. The fraction of sp³-hybridized carbons (Fsp3) is 0.273. The number of esters is 2. The third-order valence-electron chi connectivity index (χ3n) is 4.10. The third kappa shape index (κ3) is 8.77. The van der Waals surface area contributed by atoms with E-state index in [-0.39, 0.29) is 24.2 Å². The van der Waals surface area contributed by atoms with Crippen LogP contribution in [-0.2, 0) is 23.9 Å². The second-order valence-corrected chi connectivity index (χ2v) is 6.78. The molecule has 0 saturated carbocycles. The van der Waals surface area contributed by atoms with E-state index < -0.39 is 35.3 Å². The van der Waals surface area contributed by atoms with Crippen LogP contribution in [-0.4, -0.2) is 41.9 Å². The Balaban J connectivity index is 1.71. The number of carbonyl (C=O) groups excluding carboxylic acids is 4. The van der Waals surface area contributed by atoms with Gasteiger partial charge in [-0.05, 0) is 36.8 Å². The molecule has 0 atom stereocenters. The van der Waals surface area contributed by atoms with Gasteiger partial charge in [0.05, 0.1) is 23.5 Å². The standard InChI is InChI=1S/C22H23N3O8/c1-2-12-32-22(29)15-6-8-16(9-7-15)23-19(26)10-11-21(28)33-14-20(27)24-17-4-3-5-18(13-17)25(30)31/h3-9,13H,2,10-12,14H2,1H3,(H,23,26)(H,24,27). The summed E-state index contributed by atoms with van der Waals surface area (Å²) in [6, 6.07) is 11.4. The first kappa shape index (κ1) is 25.0. The number of nitrogens with one attached hydrogen (secondary N) is 2. The van der Waals surface area contributed by atoms with Gasteiger partial charge in [-0.1, -0.05) is 13.0 Å². The number of amides is 2. The Labute approximate surface area is 189 Å². The molecule has 0 saturated heterocycles. The van der Waals surface area contributed by atoms with E-state index in [2.05, 4.69) is 10.6 Å². The Bertz CT molecular complexity index is 1020. The number of anilines is 2. The molecule has 0 spiro atoms. The summed E-state index contributed by atoms with van der Waals surface area (Å²) in [7, 11) is 0. The molecule has 0 radical (unpaired) electrons. The molecule has 2 rings (SSSR count). The summed E-state index contributed by atoms with van der Waals surface area (Å²) in [5.41, 5.74) is 0.793. The summed E-state index contributed by atoms with van der Waals surface area (Å²) in [6.45, 7) is 1.61. The van der Waals surface area contributed by atoms with Gasteiger partial charge in [-0.2, -0.15) is 0 Å². The van der Waals surface area contributed by atoms with E-state index in [0.29, 0.717) is 24.3 Å². The van der Waals surface area contributed by atoms with E-state index in [4.69, 9.17) is 9.47 Å². The molecule has 2 N–H and O–H groups in total. The number of nitro benzene ring substituents is 1. The minimum absolute atomic E-state index is 0.175. The van der Waals surface area contributed by atoms with Gasteiger partial charge >= 0.3 is 11.9 Å². The van der Waals surface area contributed by atoms with Crippen LogP contribution in [0.1, 0.15) is 36.5 Å². The molecule has 0 heterocycles. The van der Waals surface area contributed by atoms with Gasteiger partial charge in [-0.15, -0.1) is 0 Å². The molecule has 2 aromatic rings. The lowest BCUT2D eigenvalue weighted by molar-refractivity contribution is -0.384. The van der Waals surface area contributed by atoms with Crippen molar-refractivity contribution in [2.45, 2.75) is 26.2 Å². The molecule has 11 heteroatoms. The summed E-state index contributed by atoms with van der Waals surface area (Å²) in [5, 5.41) is 15.7. The largest absolute Gasteiger partial charge is 0.462 e. The molecule has 2 amide bonds. The summed E-state index contributed by atoms with van der Waals surface area (Å²) in [5.74, 6) is -2.33. The molecule has 0 aliphatic rings. The van der Waals surface area contributed by atoms with Crippen molar-refractivity contribution < 1.29 is 33.6 Å². The van der Waals surface area contributed by atoms with Gasteiger partial charge in [-0.25, -0.2) is 4.79 Å². The molecule has 11 nitrogen and oxygen atoms in total. The van der Waals surface area contributed by atoms with Crippen molar-refractivity contribution in [2.24, 2.45) is 0 Å². The molecule has 0 aliphatic carbocycles. The predicted molar refractivity (Wildman–Crippen MR) is 118 cm³/mol. The molecule has 2 aromatic carbocycles. The van der Waals surface area contributed by atoms with Crippen molar-refractivity contribution in [3.63, 3.8) is 0 Å². The molecule has 0 unspecified atom stereocenters. The van der Waals surface area contributed by atoms with Crippen molar-refractivity contribution in [3.05, 3.63) is 64.2 Å². The van der Waals surface area contributed by atoms with Gasteiger partial charge in [0.15, 0.2) is 6.61 Å². The molecule has 0 bridgehead atoms. The summed E-state index contributed by atoms with van der Waals surface area (Å²) in [4.78, 5) is 57.5. The van der Waals surface area contributed by atoms with Crippen molar-refractivity contribution in [2.75, 3.05) is 23.8 Å². The highest BCUT2D eigenvalue weighted by molar-refractivity contribution is 5.95. The van der Waals surface area contributed by atoms with Crippen LogP contribution in [0.4, 0.5) is 17.1 Å². The monoisotopic (exact) mass is 457 g/mol. The summed E-state index contributed by atoms with van der Waals surface area (Å²) in [6.07, 6.45) is 0.285. The summed E-state index contributed by atoms with van der Waals surface area (Å²) < 4.78 is 9.83. The maximum atomic E-state index is 12.0. The lowest BCUT2D eigenvalue weighted by atomic mass is 10.2. The number of nitrogens with zero attached hydrogens (tertiary/aromatic N) is 1. The predicted octanol–water partition coefficient (Wildman–Crippen LogP) is 3.06. The van der Waals surface area contributed by atoms with Crippen molar-refractivity contribution in [1.82, 2.24) is 0 Å². The van der Waals surface area contributed by atoms with Gasteiger partial charge in [-0.3, -0.25) is 24.5 Å². The second kappa shape index (κ2) is 12.5. The molecule has 174 valence electrons. The lowest BCUT2D eigenvalue weighted by Gasteiger charge is -2.08. The topological polar surface area (TPSA) is 154 Å². The van der Waals surface area contributed by atoms with Crippen molar-refractivity contribution in [1.29, 1.82) is 0 Å². The number of rotatable bonds is 11. The summed E-state index contributed by atoms with van der Waals surface area (Å²) >= 11 is 0. The van der Waals surface area contributed by atoms with E-state index in [1.54, 1.807) is 0 Å². The van der Waals surface area contributed by atoms with Gasteiger partial charge < -0.3 is 20.1 Å². The quantitative estimate of drug-likeness (QED) is 0.296. The smallest absolute Gasteiger partial charge is 0.338 e. The number of ether oxygens (including phenoxy) is 2. The molecular weight excluding hydrogens is 434 g/mol. The fourth-order valence-corrected chi connectivity index (χ4v) is 2.52. The molecular formula is C22H23N3O8. The fourth-order valence-electron chi connectivity index (χ4n) is 2.52. The highest BCUT2D eigenvalue weighted by Crippen LogP contribution is 2.17. The Morgan fingerprint density at radius 2 is 1.61 bits per heavy atom. The van der Waals surface area contributed by atoms with Crippen LogP contribution < -0.4 is 10.6 Å². The van der Waals surface area contributed by atoms with E-state index in [0.717, 1.165) is 0 Å². The first-order chi connectivity index (χ1) is 15.8. The van der Waals surface area contributed by atoms with Crippen LogP contribution in [0.3, 0.4) is 0 Å². The van der Waals surface area contributed by atoms with Gasteiger partial charge in [0.2, 0.25) is 5.91 Å². The second-order valence-electron chi connectivity index (χ2n) is 6.78. The first-order valence-corrected chi connectivity index (χ1v) is 10.1. The zero-order valence-corrected chi connectivity index (χ0v) is 17.9.